The molecule has 5 rings (SSSR count). The fourth-order valence-corrected chi connectivity index (χ4v) is 4.28. The Bertz CT molecular complexity index is 1280. The van der Waals surface area contributed by atoms with Gasteiger partial charge in [-0.05, 0) is 49.4 Å². The minimum Gasteiger partial charge on any atom is -0.421 e. The number of aromatic nitrogens is 4. The van der Waals surface area contributed by atoms with Crippen molar-refractivity contribution in [2.24, 2.45) is 0 Å². The molecule has 170 valence electrons. The van der Waals surface area contributed by atoms with Crippen LogP contribution in [0.25, 0.3) is 17.1 Å². The second-order valence-corrected chi connectivity index (χ2v) is 8.49. The summed E-state index contributed by atoms with van der Waals surface area (Å²) in [6.45, 7) is 6.60. The molecule has 2 aromatic heterocycles. The minimum atomic E-state index is -0.0477. The van der Waals surface area contributed by atoms with Crippen LogP contribution < -0.4 is 10.6 Å². The summed E-state index contributed by atoms with van der Waals surface area (Å²) < 4.78 is 8.91. The maximum Gasteiger partial charge on any atom is 0.332 e. The summed E-state index contributed by atoms with van der Waals surface area (Å²) in [6, 6.07) is 16.1. The predicted octanol–water partition coefficient (Wildman–Crippen LogP) is 2.99. The van der Waals surface area contributed by atoms with Gasteiger partial charge in [0.25, 0.3) is 0 Å². The van der Waals surface area contributed by atoms with Gasteiger partial charge in [0, 0.05) is 63.3 Å². The number of hydrogen-bond acceptors (Lipinski definition) is 6. The highest BCUT2D eigenvalue weighted by molar-refractivity contribution is 5.55. The van der Waals surface area contributed by atoms with Gasteiger partial charge in [0.05, 0.1) is 5.69 Å². The molecule has 1 aliphatic heterocycles. The van der Waals surface area contributed by atoms with E-state index in [0.717, 1.165) is 43.9 Å². The highest BCUT2D eigenvalue weighted by atomic mass is 16.4. The minimum absolute atomic E-state index is 0.0477. The van der Waals surface area contributed by atoms with E-state index < -0.39 is 0 Å². The summed E-state index contributed by atoms with van der Waals surface area (Å²) in [4.78, 5) is 17.9. The number of para-hydroxylation sites is 1. The molecule has 1 fully saturated rings. The van der Waals surface area contributed by atoms with E-state index in [2.05, 4.69) is 51.3 Å². The molecule has 0 amide bonds. The first-order valence-corrected chi connectivity index (χ1v) is 11.3. The van der Waals surface area contributed by atoms with Crippen molar-refractivity contribution < 1.29 is 4.42 Å². The van der Waals surface area contributed by atoms with Crippen LogP contribution >= 0.6 is 0 Å². The fourth-order valence-electron chi connectivity index (χ4n) is 4.28. The Morgan fingerprint density at radius 2 is 1.70 bits per heavy atom. The SMILES string of the molecule is Cc1nnc(-c2ccc(-n3ccn(CCc4ccccc4N4CCN(C)CC4)c3=O)cc2)o1. The molecule has 0 atom stereocenters. The molecule has 8 heteroatoms. The summed E-state index contributed by atoms with van der Waals surface area (Å²) >= 11 is 0. The van der Waals surface area contributed by atoms with Gasteiger partial charge >= 0.3 is 5.69 Å². The second kappa shape index (κ2) is 9.07. The molecule has 1 aliphatic rings. The van der Waals surface area contributed by atoms with Crippen molar-refractivity contribution in [2.75, 3.05) is 38.1 Å². The molecule has 0 spiro atoms. The second-order valence-electron chi connectivity index (χ2n) is 8.49. The van der Waals surface area contributed by atoms with E-state index in [1.54, 1.807) is 16.1 Å². The van der Waals surface area contributed by atoms with Gasteiger partial charge in [0.1, 0.15) is 0 Å². The van der Waals surface area contributed by atoms with Crippen LogP contribution in [0.5, 0.6) is 0 Å². The number of anilines is 1. The zero-order valence-corrected chi connectivity index (χ0v) is 19.0. The Morgan fingerprint density at radius 3 is 2.42 bits per heavy atom. The van der Waals surface area contributed by atoms with Crippen molar-refractivity contribution in [3.8, 4) is 17.1 Å². The molecule has 0 saturated carbocycles. The zero-order chi connectivity index (χ0) is 22.8. The van der Waals surface area contributed by atoms with E-state index in [-0.39, 0.29) is 5.69 Å². The highest BCUT2D eigenvalue weighted by Gasteiger charge is 2.17. The predicted molar refractivity (Wildman–Crippen MR) is 128 cm³/mol. The molecule has 8 nitrogen and oxygen atoms in total. The Labute approximate surface area is 192 Å². The number of nitrogens with zero attached hydrogens (tertiary/aromatic N) is 6. The molecule has 0 aliphatic carbocycles. The van der Waals surface area contributed by atoms with E-state index in [1.165, 1.54) is 11.3 Å². The lowest BCUT2D eigenvalue weighted by atomic mass is 10.1. The van der Waals surface area contributed by atoms with Crippen molar-refractivity contribution in [3.63, 3.8) is 0 Å². The lowest BCUT2D eigenvalue weighted by Gasteiger charge is -2.35. The third-order valence-corrected chi connectivity index (χ3v) is 6.22. The smallest absolute Gasteiger partial charge is 0.332 e. The van der Waals surface area contributed by atoms with E-state index in [4.69, 9.17) is 4.42 Å². The molecule has 2 aromatic carbocycles. The third-order valence-electron chi connectivity index (χ3n) is 6.22. The van der Waals surface area contributed by atoms with E-state index in [1.807, 2.05) is 36.7 Å². The number of rotatable bonds is 6. The van der Waals surface area contributed by atoms with Gasteiger partial charge in [0.15, 0.2) is 0 Å². The lowest BCUT2D eigenvalue weighted by Crippen LogP contribution is -2.44. The summed E-state index contributed by atoms with van der Waals surface area (Å²) in [5.41, 5.74) is 4.14. The Hall–Kier alpha value is -3.65. The lowest BCUT2D eigenvalue weighted by molar-refractivity contribution is 0.312. The number of likely N-dealkylation sites (N-methyl/N-ethyl adjacent to an activating group) is 1. The molecule has 0 bridgehead atoms. The molecule has 4 aromatic rings. The van der Waals surface area contributed by atoms with E-state index in [9.17, 15) is 4.79 Å². The van der Waals surface area contributed by atoms with Crippen LogP contribution in [0.2, 0.25) is 0 Å². The van der Waals surface area contributed by atoms with Crippen molar-refractivity contribution in [2.45, 2.75) is 19.9 Å². The van der Waals surface area contributed by atoms with Crippen molar-refractivity contribution in [1.82, 2.24) is 24.2 Å². The maximum absolute atomic E-state index is 13.0. The molecule has 0 radical (unpaired) electrons. The van der Waals surface area contributed by atoms with E-state index >= 15 is 0 Å². The molecule has 0 N–H and O–H groups in total. The van der Waals surface area contributed by atoms with Gasteiger partial charge in [-0.3, -0.25) is 9.13 Å². The summed E-state index contributed by atoms with van der Waals surface area (Å²) in [5, 5.41) is 7.91. The molecule has 33 heavy (non-hydrogen) atoms. The fraction of sp³-hybridized carbons (Fsp3) is 0.320. The van der Waals surface area contributed by atoms with Crippen LogP contribution in [0.15, 0.2) is 70.1 Å². The number of benzene rings is 2. The average molecular weight is 445 g/mol. The van der Waals surface area contributed by atoms with Crippen molar-refractivity contribution >= 4 is 5.69 Å². The van der Waals surface area contributed by atoms with Crippen LogP contribution in [0.1, 0.15) is 11.5 Å². The van der Waals surface area contributed by atoms with Crippen LogP contribution in [0, 0.1) is 6.92 Å². The topological polar surface area (TPSA) is 72.3 Å². The van der Waals surface area contributed by atoms with Gasteiger partial charge in [-0.2, -0.15) is 0 Å². The standard InChI is InChI=1S/C25H28N6O2/c1-19-26-27-24(33-19)21-7-9-22(10-8-21)31-18-17-30(25(31)32)12-11-20-5-3-4-6-23(20)29-15-13-28(2)14-16-29/h3-10,17-18H,11-16H2,1-2H3. The van der Waals surface area contributed by atoms with Gasteiger partial charge in [0.2, 0.25) is 11.8 Å². The number of piperazine rings is 1. The average Bonchev–Trinajstić information content (AvgIpc) is 3.44. The first-order valence-electron chi connectivity index (χ1n) is 11.3. The Kier molecular flexibility index (Phi) is 5.83. The van der Waals surface area contributed by atoms with Crippen molar-refractivity contribution in [3.05, 3.63) is 82.9 Å². The van der Waals surface area contributed by atoms with Gasteiger partial charge in [-0.25, -0.2) is 4.79 Å². The van der Waals surface area contributed by atoms with Crippen LogP contribution in [0.4, 0.5) is 5.69 Å². The van der Waals surface area contributed by atoms with Crippen molar-refractivity contribution in [1.29, 1.82) is 0 Å². The van der Waals surface area contributed by atoms with E-state index in [0.29, 0.717) is 18.3 Å². The monoisotopic (exact) mass is 444 g/mol. The number of aryl methyl sites for hydroxylation is 3. The third kappa shape index (κ3) is 4.47. The molecule has 0 unspecified atom stereocenters. The number of hydrogen-bond donors (Lipinski definition) is 0. The first kappa shape index (κ1) is 21.2. The quantitative estimate of drug-likeness (QED) is 0.455. The van der Waals surface area contributed by atoms with Crippen LogP contribution in [-0.4, -0.2) is 57.5 Å². The molecular formula is C25H28N6O2. The maximum atomic E-state index is 13.0. The zero-order valence-electron chi connectivity index (χ0n) is 19.0. The Balaban J connectivity index is 1.30. The van der Waals surface area contributed by atoms with Gasteiger partial charge in [-0.1, -0.05) is 18.2 Å². The summed E-state index contributed by atoms with van der Waals surface area (Å²) in [6.07, 6.45) is 4.48. The highest BCUT2D eigenvalue weighted by Crippen LogP contribution is 2.23. The Morgan fingerprint density at radius 1 is 0.939 bits per heavy atom. The molecule has 1 saturated heterocycles. The summed E-state index contributed by atoms with van der Waals surface area (Å²) in [7, 11) is 2.17. The summed E-state index contributed by atoms with van der Waals surface area (Å²) in [5.74, 6) is 1.000. The molecular weight excluding hydrogens is 416 g/mol. The van der Waals surface area contributed by atoms with Crippen LogP contribution in [0.3, 0.4) is 0 Å². The molecule has 3 heterocycles. The van der Waals surface area contributed by atoms with Gasteiger partial charge in [-0.15, -0.1) is 10.2 Å². The number of imidazole rings is 1. The largest absolute Gasteiger partial charge is 0.421 e. The first-order chi connectivity index (χ1) is 16.1. The van der Waals surface area contributed by atoms with Gasteiger partial charge < -0.3 is 14.2 Å². The normalized spacial score (nSPS) is 14.7. The van der Waals surface area contributed by atoms with Crippen LogP contribution in [-0.2, 0) is 13.0 Å².